The SMILES string of the molecule is CCC(=O)N(Cc1ccc(F)cc1)C(C)C(=O)NCCCOC(C)C. The monoisotopic (exact) mass is 352 g/mol. The number of nitrogens with one attached hydrogen (secondary N) is 1. The summed E-state index contributed by atoms with van der Waals surface area (Å²) in [6, 6.07) is 5.36. The van der Waals surface area contributed by atoms with Crippen molar-refractivity contribution in [2.75, 3.05) is 13.2 Å². The number of rotatable bonds is 10. The van der Waals surface area contributed by atoms with Crippen LogP contribution in [0.4, 0.5) is 4.39 Å². The summed E-state index contributed by atoms with van der Waals surface area (Å²) in [5.74, 6) is -0.643. The van der Waals surface area contributed by atoms with E-state index in [1.807, 2.05) is 13.8 Å². The molecule has 0 radical (unpaired) electrons. The van der Waals surface area contributed by atoms with Crippen molar-refractivity contribution in [3.05, 3.63) is 35.6 Å². The fraction of sp³-hybridized carbons (Fsp3) is 0.579. The summed E-state index contributed by atoms with van der Waals surface area (Å²) in [4.78, 5) is 26.1. The summed E-state index contributed by atoms with van der Waals surface area (Å²) in [7, 11) is 0. The number of hydrogen-bond acceptors (Lipinski definition) is 3. The zero-order valence-electron chi connectivity index (χ0n) is 15.5. The van der Waals surface area contributed by atoms with Crippen LogP contribution in [0.3, 0.4) is 0 Å². The average Bonchev–Trinajstić information content (AvgIpc) is 2.59. The predicted molar refractivity (Wildman–Crippen MR) is 95.4 cm³/mol. The fourth-order valence-corrected chi connectivity index (χ4v) is 2.32. The Hall–Kier alpha value is -1.95. The molecule has 6 heteroatoms. The van der Waals surface area contributed by atoms with Gasteiger partial charge in [0.05, 0.1) is 6.10 Å². The second kappa shape index (κ2) is 10.8. The molecule has 0 saturated carbocycles. The lowest BCUT2D eigenvalue weighted by Gasteiger charge is -2.28. The van der Waals surface area contributed by atoms with Crippen molar-refractivity contribution in [3.8, 4) is 0 Å². The standard InChI is InChI=1S/C19H29FN2O3/c1-5-18(23)22(13-16-7-9-17(20)10-8-16)15(4)19(24)21-11-6-12-25-14(2)3/h7-10,14-15H,5-6,11-13H2,1-4H3,(H,21,24). The molecule has 1 atom stereocenters. The van der Waals surface area contributed by atoms with E-state index in [1.165, 1.54) is 17.0 Å². The molecule has 0 saturated heterocycles. The Balaban J connectivity index is 2.60. The summed E-state index contributed by atoms with van der Waals surface area (Å²) in [5.41, 5.74) is 0.785. The van der Waals surface area contributed by atoms with Crippen molar-refractivity contribution in [3.63, 3.8) is 0 Å². The molecule has 140 valence electrons. The average molecular weight is 352 g/mol. The van der Waals surface area contributed by atoms with Gasteiger partial charge in [0.1, 0.15) is 11.9 Å². The van der Waals surface area contributed by atoms with Crippen LogP contribution in [0.15, 0.2) is 24.3 Å². The van der Waals surface area contributed by atoms with Crippen molar-refractivity contribution in [1.29, 1.82) is 0 Å². The van der Waals surface area contributed by atoms with E-state index in [-0.39, 0.29) is 30.3 Å². The Morgan fingerprint density at radius 3 is 2.40 bits per heavy atom. The van der Waals surface area contributed by atoms with Gasteiger partial charge in [-0.15, -0.1) is 0 Å². The molecule has 0 spiro atoms. The molecule has 0 aliphatic heterocycles. The molecule has 0 bridgehead atoms. The Bertz CT molecular complexity index is 546. The molecule has 2 amide bonds. The van der Waals surface area contributed by atoms with Gasteiger partial charge in [-0.2, -0.15) is 0 Å². The largest absolute Gasteiger partial charge is 0.379 e. The minimum Gasteiger partial charge on any atom is -0.379 e. The lowest BCUT2D eigenvalue weighted by Crippen LogP contribution is -2.47. The Labute approximate surface area is 149 Å². The Morgan fingerprint density at radius 2 is 1.84 bits per heavy atom. The second-order valence-electron chi connectivity index (χ2n) is 6.24. The van der Waals surface area contributed by atoms with Crippen LogP contribution in [0, 0.1) is 5.82 Å². The highest BCUT2D eigenvalue weighted by Crippen LogP contribution is 2.11. The normalized spacial score (nSPS) is 12.1. The first-order chi connectivity index (χ1) is 11.8. The van der Waals surface area contributed by atoms with Crippen LogP contribution in [0.1, 0.15) is 46.1 Å². The number of hydrogen-bond donors (Lipinski definition) is 1. The van der Waals surface area contributed by atoms with Crippen molar-refractivity contribution in [2.24, 2.45) is 0 Å². The third-order valence-electron chi connectivity index (χ3n) is 3.81. The molecule has 0 heterocycles. The molecule has 1 aromatic rings. The zero-order chi connectivity index (χ0) is 18.8. The molecule has 0 fully saturated rings. The van der Waals surface area contributed by atoms with E-state index < -0.39 is 6.04 Å². The van der Waals surface area contributed by atoms with Crippen LogP contribution in [-0.2, 0) is 20.9 Å². The number of nitrogens with zero attached hydrogens (tertiary/aromatic N) is 1. The number of halogens is 1. The van der Waals surface area contributed by atoms with Crippen LogP contribution in [-0.4, -0.2) is 42.0 Å². The van der Waals surface area contributed by atoms with E-state index in [9.17, 15) is 14.0 Å². The van der Waals surface area contributed by atoms with Gasteiger partial charge in [-0.05, 0) is 44.9 Å². The second-order valence-corrected chi connectivity index (χ2v) is 6.24. The number of carbonyl (C=O) groups excluding carboxylic acids is 2. The van der Waals surface area contributed by atoms with Gasteiger partial charge in [-0.3, -0.25) is 9.59 Å². The van der Waals surface area contributed by atoms with E-state index >= 15 is 0 Å². The van der Waals surface area contributed by atoms with E-state index in [4.69, 9.17) is 4.74 Å². The van der Waals surface area contributed by atoms with Crippen LogP contribution >= 0.6 is 0 Å². The molecule has 25 heavy (non-hydrogen) atoms. The lowest BCUT2D eigenvalue weighted by molar-refractivity contribution is -0.140. The number of amides is 2. The lowest BCUT2D eigenvalue weighted by atomic mass is 10.1. The van der Waals surface area contributed by atoms with Crippen molar-refractivity contribution in [2.45, 2.75) is 59.2 Å². The molecule has 0 aliphatic rings. The number of carbonyl (C=O) groups is 2. The van der Waals surface area contributed by atoms with E-state index in [2.05, 4.69) is 5.32 Å². The van der Waals surface area contributed by atoms with Crippen molar-refractivity contribution in [1.82, 2.24) is 10.2 Å². The van der Waals surface area contributed by atoms with Gasteiger partial charge in [0.15, 0.2) is 0 Å². The molecule has 1 rings (SSSR count). The van der Waals surface area contributed by atoms with Gasteiger partial charge in [0.25, 0.3) is 0 Å². The van der Waals surface area contributed by atoms with Gasteiger partial charge in [0, 0.05) is 26.1 Å². The van der Waals surface area contributed by atoms with Crippen molar-refractivity contribution < 1.29 is 18.7 Å². The molecule has 1 unspecified atom stereocenters. The summed E-state index contributed by atoms with van der Waals surface area (Å²) < 4.78 is 18.5. The first-order valence-corrected chi connectivity index (χ1v) is 8.78. The van der Waals surface area contributed by atoms with Gasteiger partial charge in [-0.1, -0.05) is 19.1 Å². The smallest absolute Gasteiger partial charge is 0.242 e. The summed E-state index contributed by atoms with van der Waals surface area (Å²) in [5, 5.41) is 2.84. The van der Waals surface area contributed by atoms with Crippen LogP contribution in [0.5, 0.6) is 0 Å². The van der Waals surface area contributed by atoms with Gasteiger partial charge in [-0.25, -0.2) is 4.39 Å². The first kappa shape index (κ1) is 21.1. The van der Waals surface area contributed by atoms with Gasteiger partial charge < -0.3 is 15.0 Å². The summed E-state index contributed by atoms with van der Waals surface area (Å²) in [6.45, 7) is 8.75. The van der Waals surface area contributed by atoms with E-state index in [1.54, 1.807) is 26.0 Å². The maximum absolute atomic E-state index is 13.0. The number of ether oxygens (including phenoxy) is 1. The molecular weight excluding hydrogens is 323 g/mol. The predicted octanol–water partition coefficient (Wildman–Crippen LogP) is 2.88. The summed E-state index contributed by atoms with van der Waals surface area (Å²) in [6.07, 6.45) is 1.19. The van der Waals surface area contributed by atoms with Crippen molar-refractivity contribution >= 4 is 11.8 Å². The third kappa shape index (κ3) is 7.65. The fourth-order valence-electron chi connectivity index (χ4n) is 2.32. The van der Waals surface area contributed by atoms with Gasteiger partial charge in [0.2, 0.25) is 11.8 Å². The maximum atomic E-state index is 13.0. The highest BCUT2D eigenvalue weighted by Gasteiger charge is 2.24. The molecule has 1 aromatic carbocycles. The molecule has 0 aromatic heterocycles. The zero-order valence-corrected chi connectivity index (χ0v) is 15.5. The molecule has 5 nitrogen and oxygen atoms in total. The highest BCUT2D eigenvalue weighted by atomic mass is 19.1. The molecule has 1 N–H and O–H groups in total. The Morgan fingerprint density at radius 1 is 1.20 bits per heavy atom. The highest BCUT2D eigenvalue weighted by molar-refractivity contribution is 5.87. The molecular formula is C19H29FN2O3. The topological polar surface area (TPSA) is 58.6 Å². The van der Waals surface area contributed by atoms with E-state index in [0.717, 1.165) is 12.0 Å². The number of benzene rings is 1. The quantitative estimate of drug-likeness (QED) is 0.659. The van der Waals surface area contributed by atoms with Crippen LogP contribution in [0.25, 0.3) is 0 Å². The minimum atomic E-state index is -0.594. The molecule has 0 aliphatic carbocycles. The van der Waals surface area contributed by atoms with Crippen LogP contribution in [0.2, 0.25) is 0 Å². The minimum absolute atomic E-state index is 0.116. The first-order valence-electron chi connectivity index (χ1n) is 8.78. The third-order valence-corrected chi connectivity index (χ3v) is 3.81. The van der Waals surface area contributed by atoms with Gasteiger partial charge >= 0.3 is 0 Å². The van der Waals surface area contributed by atoms with Crippen LogP contribution < -0.4 is 5.32 Å². The maximum Gasteiger partial charge on any atom is 0.242 e. The van der Waals surface area contributed by atoms with E-state index in [0.29, 0.717) is 19.6 Å². The Kier molecular flexibility index (Phi) is 9.13. The summed E-state index contributed by atoms with van der Waals surface area (Å²) >= 11 is 0.